The number of rotatable bonds is 3. The summed E-state index contributed by atoms with van der Waals surface area (Å²) in [5.41, 5.74) is -0.986. The molecule has 1 amide bonds. The van der Waals surface area contributed by atoms with Crippen LogP contribution in [-0.2, 0) is 19.0 Å². The van der Waals surface area contributed by atoms with Gasteiger partial charge in [0.1, 0.15) is 11.3 Å². The molecule has 0 N–H and O–H groups in total. The Bertz CT molecular complexity index is 490. The summed E-state index contributed by atoms with van der Waals surface area (Å²) in [5, 5.41) is 0. The van der Waals surface area contributed by atoms with Crippen LogP contribution < -0.4 is 0 Å². The normalized spacial score (nSPS) is 24.5. The molecule has 0 aromatic carbocycles. The Morgan fingerprint density at radius 2 is 1.87 bits per heavy atom. The SMILES string of the molecule is CCOC(=O)/C(C)=C\C1[C@@H](C)OC(C)(C)N1C(=O)OC(C)(C)C. The van der Waals surface area contributed by atoms with Crippen molar-refractivity contribution in [1.82, 2.24) is 4.90 Å². The average molecular weight is 327 g/mol. The molecule has 1 saturated heterocycles. The van der Waals surface area contributed by atoms with Crippen LogP contribution in [0, 0.1) is 0 Å². The number of hydrogen-bond donors (Lipinski definition) is 0. The molecule has 6 nitrogen and oxygen atoms in total. The number of ether oxygens (including phenoxy) is 3. The molecule has 132 valence electrons. The van der Waals surface area contributed by atoms with E-state index in [2.05, 4.69) is 0 Å². The van der Waals surface area contributed by atoms with Crippen molar-refractivity contribution in [3.8, 4) is 0 Å². The highest BCUT2D eigenvalue weighted by Crippen LogP contribution is 2.34. The third-order valence-corrected chi connectivity index (χ3v) is 3.44. The summed E-state index contributed by atoms with van der Waals surface area (Å²) < 4.78 is 16.4. The average Bonchev–Trinajstić information content (AvgIpc) is 2.56. The number of carbonyl (C=O) groups is 2. The summed E-state index contributed by atoms with van der Waals surface area (Å²) in [6.07, 6.45) is 0.980. The first-order valence-corrected chi connectivity index (χ1v) is 7.94. The van der Waals surface area contributed by atoms with Gasteiger partial charge < -0.3 is 14.2 Å². The zero-order chi connectivity index (χ0) is 18.0. The minimum absolute atomic E-state index is 0.262. The highest BCUT2D eigenvalue weighted by molar-refractivity contribution is 5.88. The fourth-order valence-electron chi connectivity index (χ4n) is 2.58. The molecule has 6 heteroatoms. The number of esters is 1. The topological polar surface area (TPSA) is 65.1 Å². The molecule has 1 unspecified atom stereocenters. The molecule has 0 aromatic heterocycles. The van der Waals surface area contributed by atoms with Crippen molar-refractivity contribution in [2.45, 2.75) is 78.9 Å². The van der Waals surface area contributed by atoms with E-state index in [-0.39, 0.29) is 6.10 Å². The zero-order valence-electron chi connectivity index (χ0n) is 15.4. The van der Waals surface area contributed by atoms with Gasteiger partial charge in [-0.2, -0.15) is 0 Å². The molecule has 1 aliphatic rings. The van der Waals surface area contributed by atoms with Crippen LogP contribution >= 0.6 is 0 Å². The second-order valence-electron chi connectivity index (χ2n) is 7.18. The molecule has 0 radical (unpaired) electrons. The molecule has 0 aliphatic carbocycles. The van der Waals surface area contributed by atoms with E-state index in [1.54, 1.807) is 33.8 Å². The van der Waals surface area contributed by atoms with Crippen molar-refractivity contribution >= 4 is 12.1 Å². The van der Waals surface area contributed by atoms with E-state index < -0.39 is 29.4 Å². The molecule has 0 aromatic rings. The Morgan fingerprint density at radius 3 is 2.35 bits per heavy atom. The third-order valence-electron chi connectivity index (χ3n) is 3.44. The highest BCUT2D eigenvalue weighted by atomic mass is 16.6. The molecule has 1 heterocycles. The molecule has 0 saturated carbocycles. The van der Waals surface area contributed by atoms with Gasteiger partial charge in [-0.25, -0.2) is 9.59 Å². The van der Waals surface area contributed by atoms with Gasteiger partial charge in [0.2, 0.25) is 0 Å². The lowest BCUT2D eigenvalue weighted by atomic mass is 10.1. The van der Waals surface area contributed by atoms with Crippen molar-refractivity contribution in [2.24, 2.45) is 0 Å². The maximum absolute atomic E-state index is 12.6. The fourth-order valence-corrected chi connectivity index (χ4v) is 2.58. The van der Waals surface area contributed by atoms with E-state index in [0.29, 0.717) is 12.2 Å². The van der Waals surface area contributed by atoms with Crippen molar-refractivity contribution in [3.63, 3.8) is 0 Å². The second-order valence-corrected chi connectivity index (χ2v) is 7.18. The van der Waals surface area contributed by atoms with Gasteiger partial charge >= 0.3 is 12.1 Å². The minimum Gasteiger partial charge on any atom is -0.463 e. The molecule has 0 spiro atoms. The number of hydrogen-bond acceptors (Lipinski definition) is 5. The van der Waals surface area contributed by atoms with Crippen LogP contribution in [0.1, 0.15) is 55.4 Å². The van der Waals surface area contributed by atoms with E-state index in [1.165, 1.54) is 4.90 Å². The zero-order valence-corrected chi connectivity index (χ0v) is 15.4. The van der Waals surface area contributed by atoms with Crippen LogP contribution in [0.2, 0.25) is 0 Å². The smallest absolute Gasteiger partial charge is 0.413 e. The van der Waals surface area contributed by atoms with Crippen molar-refractivity contribution in [3.05, 3.63) is 11.6 Å². The van der Waals surface area contributed by atoms with E-state index in [0.717, 1.165) is 0 Å². The van der Waals surface area contributed by atoms with E-state index in [9.17, 15) is 9.59 Å². The second kappa shape index (κ2) is 6.91. The predicted octanol–water partition coefficient (Wildman–Crippen LogP) is 3.26. The van der Waals surface area contributed by atoms with Crippen LogP contribution in [-0.4, -0.2) is 47.0 Å². The molecule has 23 heavy (non-hydrogen) atoms. The molecule has 1 rings (SSSR count). The van der Waals surface area contributed by atoms with Gasteiger partial charge in [-0.3, -0.25) is 4.90 Å². The van der Waals surface area contributed by atoms with Crippen LogP contribution in [0.4, 0.5) is 4.79 Å². The van der Waals surface area contributed by atoms with Gasteiger partial charge in [-0.05, 0) is 61.5 Å². The molecule has 1 fully saturated rings. The highest BCUT2D eigenvalue weighted by Gasteiger charge is 2.48. The maximum Gasteiger partial charge on any atom is 0.413 e. The summed E-state index contributed by atoms with van der Waals surface area (Å²) in [6.45, 7) is 14.6. The first-order valence-electron chi connectivity index (χ1n) is 7.94. The van der Waals surface area contributed by atoms with Gasteiger partial charge in [-0.15, -0.1) is 0 Å². The van der Waals surface area contributed by atoms with Crippen molar-refractivity contribution in [1.29, 1.82) is 0 Å². The monoisotopic (exact) mass is 327 g/mol. The maximum atomic E-state index is 12.6. The Balaban J connectivity index is 3.09. The van der Waals surface area contributed by atoms with E-state index in [1.807, 2.05) is 27.7 Å². The van der Waals surface area contributed by atoms with Gasteiger partial charge in [0, 0.05) is 5.57 Å². The van der Waals surface area contributed by atoms with Crippen LogP contribution in [0.25, 0.3) is 0 Å². The van der Waals surface area contributed by atoms with Gasteiger partial charge in [0.15, 0.2) is 0 Å². The molecule has 1 aliphatic heterocycles. The number of nitrogens with zero attached hydrogens (tertiary/aromatic N) is 1. The summed E-state index contributed by atoms with van der Waals surface area (Å²) in [7, 11) is 0. The largest absolute Gasteiger partial charge is 0.463 e. The number of carbonyl (C=O) groups excluding carboxylic acids is 2. The summed E-state index contributed by atoms with van der Waals surface area (Å²) in [5.74, 6) is -0.395. The van der Waals surface area contributed by atoms with E-state index in [4.69, 9.17) is 14.2 Å². The Labute approximate surface area is 138 Å². The lowest BCUT2D eigenvalue weighted by molar-refractivity contribution is -0.138. The quantitative estimate of drug-likeness (QED) is 0.588. The predicted molar refractivity (Wildman–Crippen MR) is 86.9 cm³/mol. The van der Waals surface area contributed by atoms with Gasteiger partial charge in [0.25, 0.3) is 0 Å². The Hall–Kier alpha value is -1.56. The summed E-state index contributed by atoms with van der Waals surface area (Å²) in [4.78, 5) is 26.0. The minimum atomic E-state index is -0.822. The van der Waals surface area contributed by atoms with Gasteiger partial charge in [0.05, 0.1) is 18.8 Å². The molecule has 2 atom stereocenters. The van der Waals surface area contributed by atoms with Crippen LogP contribution in [0.15, 0.2) is 11.6 Å². The van der Waals surface area contributed by atoms with Crippen molar-refractivity contribution in [2.75, 3.05) is 6.61 Å². The molecular formula is C17H29NO5. The fraction of sp³-hybridized carbons (Fsp3) is 0.765. The summed E-state index contributed by atoms with van der Waals surface area (Å²) >= 11 is 0. The standard InChI is InChI=1S/C17H29NO5/c1-9-21-14(19)11(2)10-13-12(3)22-17(7,8)18(13)15(20)23-16(4,5)6/h10,12-13H,9H2,1-8H3/b11-10-/t12-,13?/m1/s1. The summed E-state index contributed by atoms with van der Waals surface area (Å²) in [6, 6.07) is -0.399. The first kappa shape index (κ1) is 19.5. The van der Waals surface area contributed by atoms with Gasteiger partial charge in [-0.1, -0.05) is 0 Å². The van der Waals surface area contributed by atoms with Crippen LogP contribution in [0.5, 0.6) is 0 Å². The molecular weight excluding hydrogens is 298 g/mol. The Morgan fingerprint density at radius 1 is 1.30 bits per heavy atom. The Kier molecular flexibility index (Phi) is 5.85. The number of amides is 1. The van der Waals surface area contributed by atoms with E-state index >= 15 is 0 Å². The van der Waals surface area contributed by atoms with Crippen LogP contribution in [0.3, 0.4) is 0 Å². The third kappa shape index (κ3) is 4.96. The molecule has 0 bridgehead atoms. The lowest BCUT2D eigenvalue weighted by Gasteiger charge is -2.34. The lowest BCUT2D eigenvalue weighted by Crippen LogP contribution is -2.49. The van der Waals surface area contributed by atoms with Crippen molar-refractivity contribution < 1.29 is 23.8 Å². The first-order chi connectivity index (χ1) is 10.4.